The summed E-state index contributed by atoms with van der Waals surface area (Å²) in [5.41, 5.74) is 1.72. The predicted octanol–water partition coefficient (Wildman–Crippen LogP) is 1.45. The van der Waals surface area contributed by atoms with E-state index in [2.05, 4.69) is 11.4 Å². The molecule has 0 unspecified atom stereocenters. The molecule has 0 bridgehead atoms. The summed E-state index contributed by atoms with van der Waals surface area (Å²) in [6.07, 6.45) is 0. The van der Waals surface area contributed by atoms with E-state index in [0.717, 1.165) is 43.4 Å². The fraction of sp³-hybridized carbons (Fsp3) is 0.350. The van der Waals surface area contributed by atoms with E-state index in [0.29, 0.717) is 17.1 Å². The number of ether oxygens (including phenoxy) is 3. The van der Waals surface area contributed by atoms with Crippen molar-refractivity contribution in [3.05, 3.63) is 58.6 Å². The van der Waals surface area contributed by atoms with E-state index in [9.17, 15) is 4.79 Å². The zero-order chi connectivity index (χ0) is 18.6. The van der Waals surface area contributed by atoms with Crippen molar-refractivity contribution in [3.63, 3.8) is 0 Å². The van der Waals surface area contributed by atoms with Crippen LogP contribution < -0.4 is 19.7 Å². The molecule has 1 fully saturated rings. The van der Waals surface area contributed by atoms with Crippen molar-refractivity contribution < 1.29 is 23.9 Å². The maximum absolute atomic E-state index is 12.5. The molecule has 0 spiro atoms. The summed E-state index contributed by atoms with van der Waals surface area (Å²) >= 11 is 5.90. The molecular formula is C20H22ClN2O4+. The smallest absolute Gasteiger partial charge is 0.251 e. The Morgan fingerprint density at radius 2 is 1.81 bits per heavy atom. The van der Waals surface area contributed by atoms with E-state index >= 15 is 0 Å². The highest BCUT2D eigenvalue weighted by molar-refractivity contribution is 6.30. The number of halogens is 1. The van der Waals surface area contributed by atoms with Gasteiger partial charge in [0.2, 0.25) is 6.79 Å². The van der Waals surface area contributed by atoms with Crippen LogP contribution in [-0.4, -0.2) is 45.5 Å². The van der Waals surface area contributed by atoms with E-state index in [1.54, 1.807) is 24.3 Å². The van der Waals surface area contributed by atoms with Gasteiger partial charge in [-0.15, -0.1) is 0 Å². The van der Waals surface area contributed by atoms with Crippen LogP contribution in [0, 0.1) is 0 Å². The minimum Gasteiger partial charge on any atom is -0.454 e. The molecule has 2 aliphatic rings. The molecule has 2 N–H and O–H groups in total. The molecule has 0 aliphatic carbocycles. The van der Waals surface area contributed by atoms with E-state index < -0.39 is 0 Å². The molecule has 7 heteroatoms. The van der Waals surface area contributed by atoms with Gasteiger partial charge in [0.1, 0.15) is 19.1 Å². The summed E-state index contributed by atoms with van der Waals surface area (Å²) in [5, 5.41) is 3.68. The lowest BCUT2D eigenvalue weighted by Gasteiger charge is -2.32. The Morgan fingerprint density at radius 1 is 1.07 bits per heavy atom. The first-order chi connectivity index (χ1) is 13.2. The van der Waals surface area contributed by atoms with Crippen molar-refractivity contribution in [2.24, 2.45) is 0 Å². The van der Waals surface area contributed by atoms with Gasteiger partial charge in [0.15, 0.2) is 11.5 Å². The standard InChI is InChI=1S/C20H21ClN2O4/c21-16-4-1-14(2-5-16)20(24)22-12-17(23-7-9-25-10-8-23)15-3-6-18-19(11-15)27-13-26-18/h1-6,11,17H,7-10,12-13H2,(H,22,24)/p+1/t17-/m0/s1. The Kier molecular flexibility index (Phi) is 5.48. The third-order valence-electron chi connectivity index (χ3n) is 5.00. The second kappa shape index (κ2) is 8.17. The first-order valence-electron chi connectivity index (χ1n) is 9.06. The minimum atomic E-state index is -0.106. The summed E-state index contributed by atoms with van der Waals surface area (Å²) in [6.45, 7) is 4.02. The van der Waals surface area contributed by atoms with Crippen molar-refractivity contribution in [1.82, 2.24) is 5.32 Å². The minimum absolute atomic E-state index is 0.106. The van der Waals surface area contributed by atoms with Gasteiger partial charge in [-0.2, -0.15) is 0 Å². The van der Waals surface area contributed by atoms with Gasteiger partial charge in [0.05, 0.1) is 19.8 Å². The van der Waals surface area contributed by atoms with Gasteiger partial charge >= 0.3 is 0 Å². The molecule has 27 heavy (non-hydrogen) atoms. The summed E-state index contributed by atoms with van der Waals surface area (Å²) in [7, 11) is 0. The van der Waals surface area contributed by atoms with E-state index in [-0.39, 0.29) is 18.7 Å². The number of carbonyl (C=O) groups is 1. The number of benzene rings is 2. The van der Waals surface area contributed by atoms with Gasteiger partial charge in [-0.1, -0.05) is 11.6 Å². The lowest BCUT2D eigenvalue weighted by Crippen LogP contribution is -3.15. The van der Waals surface area contributed by atoms with Crippen LogP contribution in [0.1, 0.15) is 22.0 Å². The Hall–Kier alpha value is -2.28. The lowest BCUT2D eigenvalue weighted by atomic mass is 10.0. The van der Waals surface area contributed by atoms with Crippen LogP contribution in [0.25, 0.3) is 0 Å². The zero-order valence-electron chi connectivity index (χ0n) is 14.9. The highest BCUT2D eigenvalue weighted by atomic mass is 35.5. The average molecular weight is 390 g/mol. The first-order valence-corrected chi connectivity index (χ1v) is 9.44. The van der Waals surface area contributed by atoms with Crippen LogP contribution in [0.15, 0.2) is 42.5 Å². The molecule has 4 rings (SSSR count). The molecule has 2 aromatic rings. The quantitative estimate of drug-likeness (QED) is 0.812. The molecule has 1 amide bonds. The Morgan fingerprint density at radius 3 is 2.59 bits per heavy atom. The summed E-state index contributed by atoms with van der Waals surface area (Å²) in [4.78, 5) is 13.9. The molecule has 1 atom stereocenters. The molecule has 2 heterocycles. The van der Waals surface area contributed by atoms with Crippen LogP contribution in [-0.2, 0) is 4.74 Å². The highest BCUT2D eigenvalue weighted by Gasteiger charge is 2.28. The van der Waals surface area contributed by atoms with Crippen molar-refractivity contribution >= 4 is 17.5 Å². The Balaban J connectivity index is 1.51. The maximum Gasteiger partial charge on any atom is 0.251 e. The van der Waals surface area contributed by atoms with E-state index in [4.69, 9.17) is 25.8 Å². The second-order valence-corrected chi connectivity index (χ2v) is 7.09. The topological polar surface area (TPSA) is 61.2 Å². The molecule has 6 nitrogen and oxygen atoms in total. The summed E-state index contributed by atoms with van der Waals surface area (Å²) in [6, 6.07) is 13.0. The van der Waals surface area contributed by atoms with Crippen molar-refractivity contribution in [3.8, 4) is 11.5 Å². The molecule has 142 valence electrons. The molecule has 0 saturated carbocycles. The number of nitrogens with one attached hydrogen (secondary N) is 2. The average Bonchev–Trinajstić information content (AvgIpc) is 3.17. The predicted molar refractivity (Wildman–Crippen MR) is 101 cm³/mol. The number of hydrogen-bond acceptors (Lipinski definition) is 4. The second-order valence-electron chi connectivity index (χ2n) is 6.65. The van der Waals surface area contributed by atoms with Crippen LogP contribution in [0.4, 0.5) is 0 Å². The number of hydrogen-bond donors (Lipinski definition) is 2. The highest BCUT2D eigenvalue weighted by Crippen LogP contribution is 2.33. The normalized spacial score (nSPS) is 17.5. The van der Waals surface area contributed by atoms with Crippen molar-refractivity contribution in [2.45, 2.75) is 6.04 Å². The number of amides is 1. The molecule has 2 aliphatic heterocycles. The fourth-order valence-electron chi connectivity index (χ4n) is 3.51. The Bertz CT molecular complexity index is 806. The number of fused-ring (bicyclic) bond motifs is 1. The number of carbonyl (C=O) groups excluding carboxylic acids is 1. The summed E-state index contributed by atoms with van der Waals surface area (Å²) in [5.74, 6) is 1.42. The van der Waals surface area contributed by atoms with E-state index in [1.807, 2.05) is 12.1 Å². The molecular weight excluding hydrogens is 368 g/mol. The van der Waals surface area contributed by atoms with Crippen LogP contribution in [0.2, 0.25) is 5.02 Å². The fourth-order valence-corrected chi connectivity index (χ4v) is 3.63. The lowest BCUT2D eigenvalue weighted by molar-refractivity contribution is -0.937. The van der Waals surface area contributed by atoms with Gasteiger partial charge in [0.25, 0.3) is 5.91 Å². The Labute approximate surface area is 163 Å². The van der Waals surface area contributed by atoms with Crippen molar-refractivity contribution in [1.29, 1.82) is 0 Å². The third-order valence-corrected chi connectivity index (χ3v) is 5.25. The van der Waals surface area contributed by atoms with E-state index in [1.165, 1.54) is 4.90 Å². The molecule has 0 radical (unpaired) electrons. The van der Waals surface area contributed by atoms with Crippen LogP contribution in [0.5, 0.6) is 11.5 Å². The number of morpholine rings is 1. The molecule has 1 saturated heterocycles. The SMILES string of the molecule is O=C(NC[C@@H](c1ccc2c(c1)OCO2)[NH+]1CCOCC1)c1ccc(Cl)cc1. The largest absolute Gasteiger partial charge is 0.454 e. The van der Waals surface area contributed by atoms with Crippen LogP contribution >= 0.6 is 11.6 Å². The van der Waals surface area contributed by atoms with Gasteiger partial charge in [-0.05, 0) is 42.5 Å². The maximum atomic E-state index is 12.5. The molecule has 2 aromatic carbocycles. The zero-order valence-corrected chi connectivity index (χ0v) is 15.6. The summed E-state index contributed by atoms with van der Waals surface area (Å²) < 4.78 is 16.4. The number of rotatable bonds is 5. The van der Waals surface area contributed by atoms with Gasteiger partial charge in [-0.25, -0.2) is 0 Å². The van der Waals surface area contributed by atoms with Gasteiger partial charge in [0, 0.05) is 16.1 Å². The van der Waals surface area contributed by atoms with Gasteiger partial charge < -0.3 is 24.4 Å². The van der Waals surface area contributed by atoms with Crippen LogP contribution in [0.3, 0.4) is 0 Å². The first kappa shape index (κ1) is 18.1. The van der Waals surface area contributed by atoms with Crippen molar-refractivity contribution in [2.75, 3.05) is 39.6 Å². The number of quaternary nitrogens is 1. The molecule has 0 aromatic heterocycles. The monoisotopic (exact) mass is 389 g/mol. The third kappa shape index (κ3) is 4.18. The van der Waals surface area contributed by atoms with Gasteiger partial charge in [-0.3, -0.25) is 4.79 Å².